The molecule has 0 aromatic heterocycles. The molecule has 0 saturated carbocycles. The highest BCUT2D eigenvalue weighted by Crippen LogP contribution is 2.45. The highest BCUT2D eigenvalue weighted by atomic mass is 31.1. The molecule has 0 amide bonds. The van der Waals surface area contributed by atoms with E-state index in [1.54, 1.807) is 7.11 Å². The molecule has 1 heterocycles. The SMILES string of the molecule is CCCCOP1C=CC(CC)(OC)C=C1. The highest BCUT2D eigenvalue weighted by molar-refractivity contribution is 7.59. The minimum Gasteiger partial charge on any atom is -0.370 e. The molecule has 0 unspecified atom stereocenters. The summed E-state index contributed by atoms with van der Waals surface area (Å²) < 4.78 is 11.2. The monoisotopic (exact) mass is 228 g/mol. The van der Waals surface area contributed by atoms with Gasteiger partial charge in [-0.15, -0.1) is 0 Å². The Morgan fingerprint density at radius 1 is 1.20 bits per heavy atom. The van der Waals surface area contributed by atoms with Crippen LogP contribution < -0.4 is 0 Å². The fourth-order valence-electron chi connectivity index (χ4n) is 1.42. The van der Waals surface area contributed by atoms with Gasteiger partial charge in [-0.3, -0.25) is 0 Å². The van der Waals surface area contributed by atoms with Crippen LogP contribution >= 0.6 is 8.15 Å². The van der Waals surface area contributed by atoms with E-state index in [0.717, 1.165) is 19.4 Å². The second-order valence-corrected chi connectivity index (χ2v) is 5.27. The normalized spacial score (nSPS) is 29.7. The summed E-state index contributed by atoms with van der Waals surface area (Å²) in [6.07, 6.45) is 7.56. The van der Waals surface area contributed by atoms with Gasteiger partial charge in [-0.25, -0.2) is 0 Å². The van der Waals surface area contributed by atoms with Gasteiger partial charge in [0.2, 0.25) is 0 Å². The summed E-state index contributed by atoms with van der Waals surface area (Å²) in [6, 6.07) is 0. The molecule has 0 saturated heterocycles. The quantitative estimate of drug-likeness (QED) is 0.504. The third-order valence-electron chi connectivity index (χ3n) is 2.68. The molecule has 0 N–H and O–H groups in total. The third kappa shape index (κ3) is 3.71. The van der Waals surface area contributed by atoms with Gasteiger partial charge in [0.25, 0.3) is 0 Å². The summed E-state index contributed by atoms with van der Waals surface area (Å²) >= 11 is 0. The van der Waals surface area contributed by atoms with Crippen LogP contribution in [-0.2, 0) is 9.26 Å². The Hall–Kier alpha value is -0.170. The molecule has 15 heavy (non-hydrogen) atoms. The lowest BCUT2D eigenvalue weighted by Gasteiger charge is -2.28. The maximum atomic E-state index is 5.74. The van der Waals surface area contributed by atoms with Crippen molar-refractivity contribution in [3.63, 3.8) is 0 Å². The second kappa shape index (κ2) is 6.42. The van der Waals surface area contributed by atoms with Gasteiger partial charge in [-0.1, -0.05) is 20.3 Å². The number of unbranched alkanes of at least 4 members (excludes halogenated alkanes) is 1. The fraction of sp³-hybridized carbons (Fsp3) is 0.667. The first-order valence-electron chi connectivity index (χ1n) is 5.61. The van der Waals surface area contributed by atoms with E-state index in [0.29, 0.717) is 0 Å². The van der Waals surface area contributed by atoms with Gasteiger partial charge in [0.05, 0.1) is 14.8 Å². The molecule has 0 bridgehead atoms. The highest BCUT2D eigenvalue weighted by Gasteiger charge is 2.24. The number of hydrogen-bond donors (Lipinski definition) is 0. The van der Waals surface area contributed by atoms with Crippen molar-refractivity contribution in [2.75, 3.05) is 13.7 Å². The number of methoxy groups -OCH3 is 1. The zero-order valence-corrected chi connectivity index (χ0v) is 10.8. The van der Waals surface area contributed by atoms with Crippen LogP contribution in [0.2, 0.25) is 0 Å². The van der Waals surface area contributed by atoms with E-state index in [1.165, 1.54) is 6.42 Å². The lowest BCUT2D eigenvalue weighted by atomic mass is 10.0. The Morgan fingerprint density at radius 3 is 2.33 bits per heavy atom. The summed E-state index contributed by atoms with van der Waals surface area (Å²) in [5.74, 6) is 4.30. The van der Waals surface area contributed by atoms with Gasteiger partial charge >= 0.3 is 0 Å². The average Bonchev–Trinajstić information content (AvgIpc) is 2.31. The van der Waals surface area contributed by atoms with Crippen molar-refractivity contribution < 1.29 is 9.26 Å². The van der Waals surface area contributed by atoms with E-state index in [4.69, 9.17) is 9.26 Å². The Kier molecular flexibility index (Phi) is 5.52. The summed E-state index contributed by atoms with van der Waals surface area (Å²) in [5.41, 5.74) is -0.188. The average molecular weight is 228 g/mol. The van der Waals surface area contributed by atoms with Gasteiger partial charge in [0, 0.05) is 7.11 Å². The number of rotatable bonds is 6. The van der Waals surface area contributed by atoms with E-state index in [1.807, 2.05) is 0 Å². The standard InChI is InChI=1S/C12H21O2P/c1-4-6-9-14-15-10-7-12(5-2,13-3)8-11-15/h7-8,10-11H,4-6,9H2,1-3H3. The Morgan fingerprint density at radius 2 is 1.87 bits per heavy atom. The van der Waals surface area contributed by atoms with Crippen LogP contribution in [0.4, 0.5) is 0 Å². The van der Waals surface area contributed by atoms with Crippen LogP contribution in [0.1, 0.15) is 33.1 Å². The van der Waals surface area contributed by atoms with Crippen molar-refractivity contribution in [2.24, 2.45) is 0 Å². The fourth-order valence-corrected chi connectivity index (χ4v) is 2.83. The molecular formula is C12H21O2P. The van der Waals surface area contributed by atoms with Gasteiger partial charge in [-0.05, 0) is 36.6 Å². The molecule has 0 radical (unpaired) electrons. The van der Waals surface area contributed by atoms with Gasteiger partial charge < -0.3 is 9.26 Å². The minimum absolute atomic E-state index is 0.188. The molecule has 0 aliphatic carbocycles. The molecule has 0 aromatic carbocycles. The lowest BCUT2D eigenvalue weighted by molar-refractivity contribution is 0.0708. The van der Waals surface area contributed by atoms with E-state index >= 15 is 0 Å². The van der Waals surface area contributed by atoms with Crippen LogP contribution in [0.3, 0.4) is 0 Å². The molecule has 0 atom stereocenters. The van der Waals surface area contributed by atoms with Crippen molar-refractivity contribution in [1.29, 1.82) is 0 Å². The Labute approximate surface area is 94.2 Å². The molecule has 1 aliphatic rings. The maximum Gasteiger partial charge on any atom is 0.105 e. The predicted molar refractivity (Wildman–Crippen MR) is 66.1 cm³/mol. The smallest absolute Gasteiger partial charge is 0.105 e. The van der Waals surface area contributed by atoms with Crippen LogP contribution in [0, 0.1) is 0 Å². The van der Waals surface area contributed by atoms with Crippen LogP contribution in [0.15, 0.2) is 23.8 Å². The van der Waals surface area contributed by atoms with Gasteiger partial charge in [-0.2, -0.15) is 0 Å². The lowest BCUT2D eigenvalue weighted by Crippen LogP contribution is -2.25. The topological polar surface area (TPSA) is 18.5 Å². The largest absolute Gasteiger partial charge is 0.370 e. The molecule has 1 aliphatic heterocycles. The first kappa shape index (κ1) is 12.9. The van der Waals surface area contributed by atoms with E-state index in [9.17, 15) is 0 Å². The van der Waals surface area contributed by atoms with Gasteiger partial charge in [0.1, 0.15) is 5.60 Å². The van der Waals surface area contributed by atoms with Crippen molar-refractivity contribution in [3.8, 4) is 0 Å². The summed E-state index contributed by atoms with van der Waals surface area (Å²) in [5, 5.41) is 0. The zero-order valence-electron chi connectivity index (χ0n) is 9.90. The Balaban J connectivity index is 2.41. The molecule has 86 valence electrons. The molecule has 0 aromatic rings. The number of ether oxygens (including phenoxy) is 1. The van der Waals surface area contributed by atoms with Crippen molar-refractivity contribution in [1.82, 2.24) is 0 Å². The molecule has 2 nitrogen and oxygen atoms in total. The predicted octanol–water partition coefficient (Wildman–Crippen LogP) is 4.04. The van der Waals surface area contributed by atoms with Crippen molar-refractivity contribution in [2.45, 2.75) is 38.7 Å². The summed E-state index contributed by atoms with van der Waals surface area (Å²) in [6.45, 7) is 5.17. The maximum absolute atomic E-state index is 5.74. The first-order valence-corrected chi connectivity index (χ1v) is 7.01. The van der Waals surface area contributed by atoms with Gasteiger partial charge in [0.15, 0.2) is 0 Å². The molecule has 0 fully saturated rings. The molecular weight excluding hydrogens is 207 g/mol. The summed E-state index contributed by atoms with van der Waals surface area (Å²) in [7, 11) is 1.26. The second-order valence-electron chi connectivity index (χ2n) is 3.69. The Bertz CT molecular complexity index is 216. The van der Waals surface area contributed by atoms with E-state index in [-0.39, 0.29) is 5.60 Å². The van der Waals surface area contributed by atoms with E-state index in [2.05, 4.69) is 37.6 Å². The minimum atomic E-state index is -0.494. The molecule has 0 spiro atoms. The van der Waals surface area contributed by atoms with Crippen molar-refractivity contribution in [3.05, 3.63) is 23.8 Å². The first-order chi connectivity index (χ1) is 7.26. The third-order valence-corrected chi connectivity index (χ3v) is 4.04. The van der Waals surface area contributed by atoms with E-state index < -0.39 is 8.15 Å². The van der Waals surface area contributed by atoms with Crippen LogP contribution in [0.25, 0.3) is 0 Å². The van der Waals surface area contributed by atoms with Crippen LogP contribution in [0.5, 0.6) is 0 Å². The molecule has 3 heteroatoms. The summed E-state index contributed by atoms with van der Waals surface area (Å²) in [4.78, 5) is 0. The number of hydrogen-bond acceptors (Lipinski definition) is 2. The van der Waals surface area contributed by atoms with Crippen molar-refractivity contribution >= 4 is 8.15 Å². The molecule has 1 rings (SSSR count). The van der Waals surface area contributed by atoms with Crippen LogP contribution in [-0.4, -0.2) is 19.3 Å². The zero-order chi connectivity index (χ0) is 11.1.